The maximum atomic E-state index is 12.4. The highest BCUT2D eigenvalue weighted by atomic mass is 32.1. The average molecular weight is 370 g/mol. The number of amides is 1. The molecule has 0 saturated heterocycles. The molecule has 0 saturated carbocycles. The Labute approximate surface area is 159 Å². The Balaban J connectivity index is 1.94. The molecule has 6 heteroatoms. The van der Waals surface area contributed by atoms with Crippen molar-refractivity contribution < 1.29 is 14.3 Å². The number of benzene rings is 2. The summed E-state index contributed by atoms with van der Waals surface area (Å²) in [7, 11) is 0. The molecule has 0 aliphatic carbocycles. The minimum atomic E-state index is -0.326. The van der Waals surface area contributed by atoms with Gasteiger partial charge < -0.3 is 14.8 Å². The van der Waals surface area contributed by atoms with Crippen LogP contribution in [-0.2, 0) is 0 Å². The smallest absolute Gasteiger partial charge is 0.261 e. The van der Waals surface area contributed by atoms with Gasteiger partial charge in [0.15, 0.2) is 5.11 Å². The number of hydrogen-bond acceptors (Lipinski definition) is 4. The lowest BCUT2D eigenvalue weighted by Crippen LogP contribution is -2.34. The van der Waals surface area contributed by atoms with Gasteiger partial charge in [0.05, 0.1) is 12.2 Å². The number of para-hydroxylation sites is 1. The van der Waals surface area contributed by atoms with Crippen molar-refractivity contribution in [2.24, 2.45) is 0 Å². The van der Waals surface area contributed by atoms with E-state index in [1.165, 1.54) is 0 Å². The zero-order valence-electron chi connectivity index (χ0n) is 14.9. The van der Waals surface area contributed by atoms with E-state index in [2.05, 4.69) is 17.2 Å². The zero-order valence-corrected chi connectivity index (χ0v) is 15.7. The molecule has 1 amide bonds. The summed E-state index contributed by atoms with van der Waals surface area (Å²) in [5, 5.41) is 5.83. The van der Waals surface area contributed by atoms with Crippen LogP contribution < -0.4 is 20.1 Å². The van der Waals surface area contributed by atoms with E-state index < -0.39 is 0 Å². The van der Waals surface area contributed by atoms with Gasteiger partial charge in [0, 0.05) is 5.69 Å². The van der Waals surface area contributed by atoms with Crippen molar-refractivity contribution >= 4 is 28.9 Å². The van der Waals surface area contributed by atoms with Crippen molar-refractivity contribution in [1.29, 1.82) is 0 Å². The Bertz CT molecular complexity index is 788. The molecular weight excluding hydrogens is 348 g/mol. The van der Waals surface area contributed by atoms with E-state index in [1.54, 1.807) is 18.2 Å². The van der Waals surface area contributed by atoms with Crippen molar-refractivity contribution in [2.45, 2.75) is 13.8 Å². The minimum absolute atomic E-state index is 0.205. The minimum Gasteiger partial charge on any atom is -0.493 e. The molecule has 136 valence electrons. The second-order valence-electron chi connectivity index (χ2n) is 5.61. The number of carbonyl (C=O) groups is 1. The van der Waals surface area contributed by atoms with Crippen molar-refractivity contribution in [3.63, 3.8) is 0 Å². The van der Waals surface area contributed by atoms with Gasteiger partial charge in [-0.05, 0) is 68.0 Å². The topological polar surface area (TPSA) is 59.6 Å². The fraction of sp³-hybridized carbons (Fsp3) is 0.200. The third-order valence-corrected chi connectivity index (χ3v) is 3.46. The second kappa shape index (κ2) is 9.58. The molecule has 0 heterocycles. The quantitative estimate of drug-likeness (QED) is 0.566. The summed E-state index contributed by atoms with van der Waals surface area (Å²) >= 11 is 5.21. The number of hydrogen-bond donors (Lipinski definition) is 2. The molecule has 2 aromatic rings. The summed E-state index contributed by atoms with van der Waals surface area (Å²) in [6, 6.07) is 14.3. The van der Waals surface area contributed by atoms with Crippen LogP contribution in [0, 0.1) is 0 Å². The van der Waals surface area contributed by atoms with Crippen LogP contribution in [0.5, 0.6) is 11.5 Å². The molecule has 0 spiro atoms. The summed E-state index contributed by atoms with van der Waals surface area (Å²) < 4.78 is 11.0. The first-order chi connectivity index (χ1) is 12.5. The van der Waals surface area contributed by atoms with Gasteiger partial charge in [0.25, 0.3) is 5.91 Å². The predicted molar refractivity (Wildman–Crippen MR) is 108 cm³/mol. The Kier molecular flexibility index (Phi) is 7.17. The summed E-state index contributed by atoms with van der Waals surface area (Å²) in [5.41, 5.74) is 2.13. The molecule has 2 N–H and O–H groups in total. The predicted octanol–water partition coefficient (Wildman–Crippen LogP) is 4.17. The molecule has 2 rings (SSSR count). The van der Waals surface area contributed by atoms with E-state index in [0.717, 1.165) is 17.0 Å². The molecular formula is C20H22N2O3S. The van der Waals surface area contributed by atoms with Crippen LogP contribution in [0.15, 0.2) is 60.7 Å². The summed E-state index contributed by atoms with van der Waals surface area (Å²) in [4.78, 5) is 12.4. The molecule has 0 fully saturated rings. The number of nitrogens with one attached hydrogen (secondary N) is 2. The highest BCUT2D eigenvalue weighted by Crippen LogP contribution is 2.18. The van der Waals surface area contributed by atoms with Crippen LogP contribution in [0.25, 0.3) is 0 Å². The van der Waals surface area contributed by atoms with E-state index in [1.807, 2.05) is 44.2 Å². The second-order valence-corrected chi connectivity index (χ2v) is 6.02. The van der Waals surface area contributed by atoms with Crippen molar-refractivity contribution in [2.75, 3.05) is 18.5 Å². The number of carbonyl (C=O) groups excluding carboxylic acids is 1. The highest BCUT2D eigenvalue weighted by Gasteiger charge is 2.13. The number of ether oxygens (including phenoxy) is 2. The lowest BCUT2D eigenvalue weighted by Gasteiger charge is -2.13. The van der Waals surface area contributed by atoms with Gasteiger partial charge in [-0.25, -0.2) is 0 Å². The highest BCUT2D eigenvalue weighted by molar-refractivity contribution is 7.80. The monoisotopic (exact) mass is 370 g/mol. The third kappa shape index (κ3) is 5.89. The summed E-state index contributed by atoms with van der Waals surface area (Å²) in [5.74, 6) is 0.932. The van der Waals surface area contributed by atoms with Crippen molar-refractivity contribution in [3.05, 3.63) is 66.2 Å². The van der Waals surface area contributed by atoms with Crippen LogP contribution in [0.3, 0.4) is 0 Å². The van der Waals surface area contributed by atoms with Crippen LogP contribution >= 0.6 is 12.2 Å². The number of thiocarbonyl (C=S) groups is 1. The van der Waals surface area contributed by atoms with E-state index in [-0.39, 0.29) is 11.0 Å². The molecule has 2 aromatic carbocycles. The molecule has 0 aliphatic heterocycles. The summed E-state index contributed by atoms with van der Waals surface area (Å²) in [6.07, 6.45) is 0. The molecule has 0 aliphatic rings. The standard InChI is InChI=1S/C20H22N2O3S/c1-4-24-18-8-6-5-7-17(18)19(23)22-20(26)21-15-9-11-16(12-10-15)25-13-14(2)3/h5-12H,2,4,13H2,1,3H3,(H2,21,22,23,26). The molecule has 26 heavy (non-hydrogen) atoms. The lowest BCUT2D eigenvalue weighted by molar-refractivity contribution is 0.0974. The van der Waals surface area contributed by atoms with Crippen LogP contribution in [0.4, 0.5) is 5.69 Å². The molecule has 0 atom stereocenters. The van der Waals surface area contributed by atoms with Crippen molar-refractivity contribution in [3.8, 4) is 11.5 Å². The largest absolute Gasteiger partial charge is 0.493 e. The fourth-order valence-electron chi connectivity index (χ4n) is 2.11. The number of rotatable bonds is 7. The van der Waals surface area contributed by atoms with Crippen molar-refractivity contribution in [1.82, 2.24) is 5.32 Å². The van der Waals surface area contributed by atoms with Crippen LogP contribution in [0.2, 0.25) is 0 Å². The first kappa shape index (κ1) is 19.5. The van der Waals surface area contributed by atoms with Gasteiger partial charge >= 0.3 is 0 Å². The first-order valence-electron chi connectivity index (χ1n) is 8.21. The van der Waals surface area contributed by atoms with Gasteiger partial charge in [-0.2, -0.15) is 0 Å². The lowest BCUT2D eigenvalue weighted by atomic mass is 10.2. The average Bonchev–Trinajstić information content (AvgIpc) is 2.61. The van der Waals surface area contributed by atoms with Gasteiger partial charge in [-0.3, -0.25) is 10.1 Å². The van der Waals surface area contributed by atoms with Crippen LogP contribution in [-0.4, -0.2) is 24.2 Å². The Morgan fingerprint density at radius 1 is 1.12 bits per heavy atom. The van der Waals surface area contributed by atoms with Gasteiger partial charge in [-0.15, -0.1) is 0 Å². The first-order valence-corrected chi connectivity index (χ1v) is 8.62. The van der Waals surface area contributed by atoms with E-state index >= 15 is 0 Å². The van der Waals surface area contributed by atoms with E-state index in [4.69, 9.17) is 21.7 Å². The Hall–Kier alpha value is -2.86. The maximum absolute atomic E-state index is 12.4. The third-order valence-electron chi connectivity index (χ3n) is 3.26. The van der Waals surface area contributed by atoms with Crippen LogP contribution in [0.1, 0.15) is 24.2 Å². The summed E-state index contributed by atoms with van der Waals surface area (Å²) in [6.45, 7) is 8.51. The Morgan fingerprint density at radius 3 is 2.46 bits per heavy atom. The molecule has 0 radical (unpaired) electrons. The Morgan fingerprint density at radius 2 is 1.81 bits per heavy atom. The van der Waals surface area contributed by atoms with Gasteiger partial charge in [0.2, 0.25) is 0 Å². The van der Waals surface area contributed by atoms with E-state index in [9.17, 15) is 4.79 Å². The maximum Gasteiger partial charge on any atom is 0.261 e. The molecule has 5 nitrogen and oxygen atoms in total. The molecule has 0 aromatic heterocycles. The zero-order chi connectivity index (χ0) is 18.9. The fourth-order valence-corrected chi connectivity index (χ4v) is 2.32. The molecule has 0 bridgehead atoms. The van der Waals surface area contributed by atoms with Gasteiger partial charge in [-0.1, -0.05) is 18.7 Å². The number of anilines is 1. The SMILES string of the molecule is C=C(C)COc1ccc(NC(=S)NC(=O)c2ccccc2OCC)cc1. The molecule has 0 unspecified atom stereocenters. The normalized spacial score (nSPS) is 9.92. The van der Waals surface area contributed by atoms with E-state index in [0.29, 0.717) is 24.5 Å². The van der Waals surface area contributed by atoms with Gasteiger partial charge in [0.1, 0.15) is 18.1 Å².